The van der Waals surface area contributed by atoms with Gasteiger partial charge in [-0.15, -0.1) is 0 Å². The van der Waals surface area contributed by atoms with Gasteiger partial charge in [-0.05, 0) is 43.0 Å². The summed E-state index contributed by atoms with van der Waals surface area (Å²) in [5, 5.41) is 12.6. The largest absolute Gasteiger partial charge is 0.389 e. The van der Waals surface area contributed by atoms with Crippen LogP contribution in [0, 0.1) is 0 Å². The Bertz CT molecular complexity index is 665. The lowest BCUT2D eigenvalue weighted by atomic mass is 9.81. The van der Waals surface area contributed by atoms with Crippen LogP contribution in [0.25, 0.3) is 0 Å². The van der Waals surface area contributed by atoms with Gasteiger partial charge in [-0.2, -0.15) is 0 Å². The van der Waals surface area contributed by atoms with Crippen LogP contribution in [-0.2, 0) is 21.2 Å². The number of anilines is 1. The molecule has 1 heterocycles. The molecule has 1 aromatic carbocycles. The van der Waals surface area contributed by atoms with Crippen LogP contribution in [0.4, 0.5) is 5.69 Å². The fourth-order valence-corrected chi connectivity index (χ4v) is 3.62. The van der Waals surface area contributed by atoms with E-state index in [1.165, 1.54) is 12.1 Å². The van der Waals surface area contributed by atoms with Crippen LogP contribution < -0.4 is 10.0 Å². The Balaban J connectivity index is 1.78. The molecule has 3 rings (SSSR count). The summed E-state index contributed by atoms with van der Waals surface area (Å²) in [7, 11) is -3.66. The highest BCUT2D eigenvalue weighted by Gasteiger charge is 2.35. The van der Waals surface area contributed by atoms with E-state index in [1.54, 1.807) is 6.07 Å². The average Bonchev–Trinajstić information content (AvgIpc) is 2.73. The number of rotatable bonds is 4. The molecule has 0 aromatic heterocycles. The molecule has 1 amide bonds. The number of fused-ring (bicyclic) bond motifs is 1. The normalized spacial score (nSPS) is 20.1. The van der Waals surface area contributed by atoms with Gasteiger partial charge in [0.2, 0.25) is 15.9 Å². The van der Waals surface area contributed by atoms with Crippen molar-refractivity contribution in [1.29, 1.82) is 0 Å². The number of hydrogen-bond donors (Lipinski definition) is 3. The van der Waals surface area contributed by atoms with Crippen molar-refractivity contribution in [3.05, 3.63) is 23.8 Å². The number of hydrogen-bond acceptors (Lipinski definition) is 4. The first-order valence-electron chi connectivity index (χ1n) is 6.53. The van der Waals surface area contributed by atoms with Crippen molar-refractivity contribution in [1.82, 2.24) is 4.72 Å². The van der Waals surface area contributed by atoms with Crippen LogP contribution in [0.1, 0.15) is 24.8 Å². The van der Waals surface area contributed by atoms with E-state index >= 15 is 0 Å². The zero-order chi connectivity index (χ0) is 14.4. The minimum Gasteiger partial charge on any atom is -0.389 e. The Labute approximate surface area is 117 Å². The summed E-state index contributed by atoms with van der Waals surface area (Å²) in [6.07, 6.45) is 2.36. The lowest BCUT2D eigenvalue weighted by Gasteiger charge is -2.36. The average molecular weight is 296 g/mol. The smallest absolute Gasteiger partial charge is 0.240 e. The maximum Gasteiger partial charge on any atom is 0.240 e. The number of carbonyl (C=O) groups is 1. The monoisotopic (exact) mass is 296 g/mol. The van der Waals surface area contributed by atoms with Crippen LogP contribution in [0.5, 0.6) is 0 Å². The van der Waals surface area contributed by atoms with Crippen molar-refractivity contribution in [3.8, 4) is 0 Å². The Morgan fingerprint density at radius 2 is 2.10 bits per heavy atom. The van der Waals surface area contributed by atoms with Crippen molar-refractivity contribution < 1.29 is 18.3 Å². The second-order valence-corrected chi connectivity index (χ2v) is 7.21. The van der Waals surface area contributed by atoms with Crippen molar-refractivity contribution in [2.45, 2.75) is 36.2 Å². The molecule has 0 unspecified atom stereocenters. The minimum atomic E-state index is -3.66. The number of benzene rings is 1. The van der Waals surface area contributed by atoms with Gasteiger partial charge in [0, 0.05) is 12.2 Å². The van der Waals surface area contributed by atoms with Gasteiger partial charge in [-0.1, -0.05) is 0 Å². The van der Waals surface area contributed by atoms with E-state index in [9.17, 15) is 18.3 Å². The molecule has 1 aliphatic heterocycles. The molecule has 1 fully saturated rings. The van der Waals surface area contributed by atoms with E-state index in [0.29, 0.717) is 24.1 Å². The fourth-order valence-electron chi connectivity index (χ4n) is 2.45. The summed E-state index contributed by atoms with van der Waals surface area (Å²) in [5.41, 5.74) is 0.438. The predicted octanol–water partition coefficient (Wildman–Crippen LogP) is 0.374. The van der Waals surface area contributed by atoms with Gasteiger partial charge in [-0.3, -0.25) is 4.79 Å². The van der Waals surface area contributed by atoms with Gasteiger partial charge in [0.05, 0.1) is 16.9 Å². The van der Waals surface area contributed by atoms with Gasteiger partial charge in [0.1, 0.15) is 0 Å². The van der Waals surface area contributed by atoms with Gasteiger partial charge in [-0.25, -0.2) is 13.1 Å². The summed E-state index contributed by atoms with van der Waals surface area (Å²) in [5.74, 6) is -0.133. The third-order valence-electron chi connectivity index (χ3n) is 3.89. The first-order valence-corrected chi connectivity index (χ1v) is 8.01. The van der Waals surface area contributed by atoms with Gasteiger partial charge in [0.15, 0.2) is 0 Å². The minimum absolute atomic E-state index is 0.0313. The molecular weight excluding hydrogens is 280 g/mol. The lowest BCUT2D eigenvalue weighted by molar-refractivity contribution is -0.115. The molecule has 0 atom stereocenters. The summed E-state index contributed by atoms with van der Waals surface area (Å²) >= 11 is 0. The van der Waals surface area contributed by atoms with Crippen LogP contribution >= 0.6 is 0 Å². The van der Waals surface area contributed by atoms with E-state index in [2.05, 4.69) is 10.0 Å². The molecule has 1 saturated carbocycles. The van der Waals surface area contributed by atoms with Gasteiger partial charge < -0.3 is 10.4 Å². The highest BCUT2D eigenvalue weighted by Crippen LogP contribution is 2.31. The Hall–Kier alpha value is -1.44. The molecule has 0 radical (unpaired) electrons. The van der Waals surface area contributed by atoms with E-state index < -0.39 is 15.6 Å². The molecule has 6 nitrogen and oxygen atoms in total. The SMILES string of the molecule is O=C1Cc2cc(S(=O)(=O)NCC3(O)CCC3)ccc2N1. The van der Waals surface area contributed by atoms with E-state index in [0.717, 1.165) is 6.42 Å². The van der Waals surface area contributed by atoms with Crippen LogP contribution in [-0.4, -0.2) is 31.6 Å². The predicted molar refractivity (Wildman–Crippen MR) is 72.8 cm³/mol. The highest BCUT2D eigenvalue weighted by atomic mass is 32.2. The summed E-state index contributed by atoms with van der Waals surface area (Å²) in [4.78, 5) is 11.4. The second kappa shape index (κ2) is 4.54. The Morgan fingerprint density at radius 3 is 2.75 bits per heavy atom. The molecular formula is C13H16N2O4S. The van der Waals surface area contributed by atoms with Crippen molar-refractivity contribution in [2.24, 2.45) is 0 Å². The molecule has 3 N–H and O–H groups in total. The standard InChI is InChI=1S/C13H16N2O4S/c16-12-7-9-6-10(2-3-11(9)15-12)20(18,19)14-8-13(17)4-1-5-13/h2-3,6,14,17H,1,4-5,7-8H2,(H,15,16). The maximum absolute atomic E-state index is 12.2. The molecule has 2 aliphatic rings. The number of nitrogens with one attached hydrogen (secondary N) is 2. The van der Waals surface area contributed by atoms with E-state index in [1.807, 2.05) is 0 Å². The fraction of sp³-hybridized carbons (Fsp3) is 0.462. The van der Waals surface area contributed by atoms with Crippen LogP contribution in [0.3, 0.4) is 0 Å². The first-order chi connectivity index (χ1) is 9.38. The van der Waals surface area contributed by atoms with E-state index in [-0.39, 0.29) is 23.8 Å². The van der Waals surface area contributed by atoms with E-state index in [4.69, 9.17) is 0 Å². The molecule has 7 heteroatoms. The van der Waals surface area contributed by atoms with Crippen molar-refractivity contribution in [3.63, 3.8) is 0 Å². The van der Waals surface area contributed by atoms with Gasteiger partial charge in [0.25, 0.3) is 0 Å². The zero-order valence-corrected chi connectivity index (χ0v) is 11.7. The zero-order valence-electron chi connectivity index (χ0n) is 10.8. The number of aliphatic hydroxyl groups is 1. The second-order valence-electron chi connectivity index (χ2n) is 5.45. The number of sulfonamides is 1. The molecule has 0 saturated heterocycles. The Morgan fingerprint density at radius 1 is 1.35 bits per heavy atom. The summed E-state index contributed by atoms with van der Waals surface area (Å²) in [6, 6.07) is 4.55. The van der Waals surface area contributed by atoms with Crippen molar-refractivity contribution in [2.75, 3.05) is 11.9 Å². The molecule has 0 bridgehead atoms. The maximum atomic E-state index is 12.2. The molecule has 0 spiro atoms. The summed E-state index contributed by atoms with van der Waals surface area (Å²) in [6.45, 7) is 0.0313. The lowest BCUT2D eigenvalue weighted by Crippen LogP contribution is -2.47. The summed E-state index contributed by atoms with van der Waals surface area (Å²) < 4.78 is 26.8. The molecule has 20 heavy (non-hydrogen) atoms. The highest BCUT2D eigenvalue weighted by molar-refractivity contribution is 7.89. The molecule has 1 aromatic rings. The number of amides is 1. The third-order valence-corrected chi connectivity index (χ3v) is 5.29. The quantitative estimate of drug-likeness (QED) is 0.748. The Kier molecular flexibility index (Phi) is 3.07. The number of carbonyl (C=O) groups excluding carboxylic acids is 1. The van der Waals surface area contributed by atoms with Crippen LogP contribution in [0.15, 0.2) is 23.1 Å². The van der Waals surface area contributed by atoms with Crippen LogP contribution in [0.2, 0.25) is 0 Å². The van der Waals surface area contributed by atoms with Gasteiger partial charge >= 0.3 is 0 Å². The molecule has 108 valence electrons. The molecule has 1 aliphatic carbocycles. The first kappa shape index (κ1) is 13.5. The third kappa shape index (κ3) is 2.44. The van der Waals surface area contributed by atoms with Crippen molar-refractivity contribution >= 4 is 21.6 Å². The topological polar surface area (TPSA) is 95.5 Å².